The Morgan fingerprint density at radius 1 is 1.11 bits per heavy atom. The van der Waals surface area contributed by atoms with Crippen LogP contribution in [0.1, 0.15) is 42.9 Å². The molecule has 1 aliphatic heterocycles. The van der Waals surface area contributed by atoms with E-state index in [9.17, 15) is 0 Å². The van der Waals surface area contributed by atoms with Crippen molar-refractivity contribution in [1.29, 1.82) is 0 Å². The van der Waals surface area contributed by atoms with Crippen molar-refractivity contribution in [2.45, 2.75) is 58.3 Å². The van der Waals surface area contributed by atoms with Crippen molar-refractivity contribution < 1.29 is 0 Å². The van der Waals surface area contributed by atoms with Crippen LogP contribution in [0.15, 0.2) is 24.3 Å². The molecule has 2 rings (SSSR count). The Kier molecular flexibility index (Phi) is 4.85. The van der Waals surface area contributed by atoms with Crippen LogP contribution in [-0.2, 0) is 0 Å². The van der Waals surface area contributed by atoms with Crippen LogP contribution in [0.3, 0.4) is 0 Å². The molecule has 0 aliphatic carbocycles. The van der Waals surface area contributed by atoms with Gasteiger partial charge in [-0.1, -0.05) is 56.7 Å². The Labute approximate surface area is 120 Å². The summed E-state index contributed by atoms with van der Waals surface area (Å²) in [5.41, 5.74) is 3.04. The van der Waals surface area contributed by atoms with Gasteiger partial charge in [0.05, 0.1) is 8.07 Å². The van der Waals surface area contributed by atoms with E-state index < -0.39 is 8.07 Å². The molecule has 0 spiro atoms. The molecule has 2 heteroatoms. The average molecular weight is 276 g/mol. The van der Waals surface area contributed by atoms with Gasteiger partial charge in [0.1, 0.15) is 0 Å². The maximum atomic E-state index is 2.79. The van der Waals surface area contributed by atoms with Crippen molar-refractivity contribution >= 4 is 8.07 Å². The third-order valence-electron chi connectivity index (χ3n) is 4.09. The number of benzene rings is 1. The first kappa shape index (κ1) is 14.8. The molecule has 1 unspecified atom stereocenters. The zero-order chi connectivity index (χ0) is 13.9. The first-order valence-corrected chi connectivity index (χ1v) is 11.5. The van der Waals surface area contributed by atoms with E-state index in [4.69, 9.17) is 0 Å². The first-order chi connectivity index (χ1) is 8.97. The molecule has 0 saturated carbocycles. The lowest BCUT2D eigenvalue weighted by Crippen LogP contribution is -2.42. The van der Waals surface area contributed by atoms with Crippen LogP contribution in [0.4, 0.5) is 0 Å². The Morgan fingerprint density at radius 3 is 2.53 bits per heavy atom. The molecule has 0 bridgehead atoms. The van der Waals surface area contributed by atoms with E-state index in [2.05, 4.69) is 55.7 Å². The quantitative estimate of drug-likeness (QED) is 0.717. The van der Waals surface area contributed by atoms with Gasteiger partial charge < -0.3 is 0 Å². The highest BCUT2D eigenvalue weighted by Gasteiger charge is 2.27. The van der Waals surface area contributed by atoms with Crippen molar-refractivity contribution in [2.75, 3.05) is 12.7 Å². The van der Waals surface area contributed by atoms with Crippen LogP contribution in [0.2, 0.25) is 19.6 Å². The Morgan fingerprint density at radius 2 is 1.84 bits per heavy atom. The fraction of sp³-hybridized carbons (Fsp3) is 0.647. The predicted octanol–water partition coefficient (Wildman–Crippen LogP) is 4.79. The van der Waals surface area contributed by atoms with E-state index in [1.165, 1.54) is 44.0 Å². The van der Waals surface area contributed by atoms with Gasteiger partial charge in [-0.2, -0.15) is 0 Å². The van der Waals surface area contributed by atoms with Crippen molar-refractivity contribution in [3.63, 3.8) is 0 Å². The highest BCUT2D eigenvalue weighted by atomic mass is 28.3. The summed E-state index contributed by atoms with van der Waals surface area (Å²) < 4.78 is 0. The molecule has 1 aliphatic rings. The van der Waals surface area contributed by atoms with Crippen LogP contribution in [0.5, 0.6) is 0 Å². The standard InChI is InChI=1S/C17H29NSi/c1-15-10-7-8-11-16(15)17-12-6-5-9-13-18(17)14-19(2,3)4/h7-8,10-11,17H,5-6,9,12-14H2,1-4H3. The molecule has 1 saturated heterocycles. The maximum Gasteiger partial charge on any atom is 0.0599 e. The molecule has 0 N–H and O–H groups in total. The second kappa shape index (κ2) is 6.23. The molecule has 1 fully saturated rings. The fourth-order valence-corrected chi connectivity index (χ4v) is 4.88. The second-order valence-electron chi connectivity index (χ2n) is 7.25. The Balaban J connectivity index is 2.25. The van der Waals surface area contributed by atoms with Gasteiger partial charge in [-0.25, -0.2) is 0 Å². The van der Waals surface area contributed by atoms with Crippen LogP contribution in [0, 0.1) is 6.92 Å². The summed E-state index contributed by atoms with van der Waals surface area (Å²) >= 11 is 0. The summed E-state index contributed by atoms with van der Waals surface area (Å²) in [6.07, 6.45) is 6.86. The van der Waals surface area contributed by atoms with Gasteiger partial charge in [-0.3, -0.25) is 4.90 Å². The number of likely N-dealkylation sites (tertiary alicyclic amines) is 1. The van der Waals surface area contributed by atoms with Crippen molar-refractivity contribution in [1.82, 2.24) is 4.90 Å². The number of rotatable bonds is 3. The van der Waals surface area contributed by atoms with Gasteiger partial charge in [0.15, 0.2) is 0 Å². The van der Waals surface area contributed by atoms with Crippen molar-refractivity contribution in [3.8, 4) is 0 Å². The van der Waals surface area contributed by atoms with Crippen LogP contribution in [0.25, 0.3) is 0 Å². The number of hydrogen-bond donors (Lipinski definition) is 0. The molecule has 0 amide bonds. The SMILES string of the molecule is Cc1ccccc1C1CCCCCN1C[Si](C)(C)C. The normalized spacial score (nSPS) is 22.2. The Bertz CT molecular complexity index is 408. The summed E-state index contributed by atoms with van der Waals surface area (Å²) in [4.78, 5) is 2.79. The lowest BCUT2D eigenvalue weighted by Gasteiger charge is -2.35. The largest absolute Gasteiger partial charge is 0.299 e. The molecule has 1 aromatic carbocycles. The minimum absolute atomic E-state index is 0.662. The highest BCUT2D eigenvalue weighted by Crippen LogP contribution is 2.32. The summed E-state index contributed by atoms with van der Waals surface area (Å²) in [5, 5.41) is 0. The van der Waals surface area contributed by atoms with Gasteiger partial charge in [-0.05, 0) is 43.6 Å². The van der Waals surface area contributed by atoms with Crippen LogP contribution < -0.4 is 0 Å². The van der Waals surface area contributed by atoms with Crippen molar-refractivity contribution in [2.24, 2.45) is 0 Å². The lowest BCUT2D eigenvalue weighted by molar-refractivity contribution is 0.231. The first-order valence-electron chi connectivity index (χ1n) is 7.77. The van der Waals surface area contributed by atoms with Crippen LogP contribution >= 0.6 is 0 Å². The second-order valence-corrected chi connectivity index (χ2v) is 12.7. The fourth-order valence-electron chi connectivity index (χ4n) is 3.28. The molecular weight excluding hydrogens is 246 g/mol. The predicted molar refractivity (Wildman–Crippen MR) is 87.3 cm³/mol. The molecule has 0 radical (unpaired) electrons. The van der Waals surface area contributed by atoms with Crippen LogP contribution in [-0.4, -0.2) is 25.7 Å². The van der Waals surface area contributed by atoms with Gasteiger partial charge >= 0.3 is 0 Å². The molecule has 1 atom stereocenters. The molecule has 106 valence electrons. The minimum atomic E-state index is -1.03. The maximum absolute atomic E-state index is 2.79. The molecule has 19 heavy (non-hydrogen) atoms. The smallest absolute Gasteiger partial charge is 0.0599 e. The monoisotopic (exact) mass is 275 g/mol. The summed E-state index contributed by atoms with van der Waals surface area (Å²) in [5.74, 6) is 0. The molecular formula is C17H29NSi. The number of nitrogens with zero attached hydrogens (tertiary/aromatic N) is 1. The zero-order valence-electron chi connectivity index (χ0n) is 13.1. The molecule has 1 heterocycles. The van der Waals surface area contributed by atoms with E-state index in [1.807, 2.05) is 0 Å². The van der Waals surface area contributed by atoms with Crippen molar-refractivity contribution in [3.05, 3.63) is 35.4 Å². The van der Waals surface area contributed by atoms with E-state index in [-0.39, 0.29) is 0 Å². The number of hydrogen-bond acceptors (Lipinski definition) is 1. The van der Waals surface area contributed by atoms with Gasteiger partial charge in [-0.15, -0.1) is 0 Å². The highest BCUT2D eigenvalue weighted by molar-refractivity contribution is 6.76. The molecule has 1 aromatic rings. The third-order valence-corrected chi connectivity index (χ3v) is 5.44. The summed E-state index contributed by atoms with van der Waals surface area (Å²) in [6, 6.07) is 9.66. The Hall–Kier alpha value is -0.603. The lowest BCUT2D eigenvalue weighted by atomic mass is 9.97. The van der Waals surface area contributed by atoms with Gasteiger partial charge in [0, 0.05) is 6.04 Å². The minimum Gasteiger partial charge on any atom is -0.299 e. The van der Waals surface area contributed by atoms with Gasteiger partial charge in [0.25, 0.3) is 0 Å². The van der Waals surface area contributed by atoms with E-state index >= 15 is 0 Å². The third kappa shape index (κ3) is 4.18. The average Bonchev–Trinajstić information content (AvgIpc) is 2.53. The van der Waals surface area contributed by atoms with E-state index in [0.29, 0.717) is 6.04 Å². The zero-order valence-corrected chi connectivity index (χ0v) is 14.1. The summed E-state index contributed by atoms with van der Waals surface area (Å²) in [7, 11) is -1.03. The van der Waals surface area contributed by atoms with Gasteiger partial charge in [0.2, 0.25) is 0 Å². The molecule has 1 nitrogen and oxygen atoms in total. The number of aryl methyl sites for hydroxylation is 1. The molecule has 0 aromatic heterocycles. The topological polar surface area (TPSA) is 3.24 Å². The summed E-state index contributed by atoms with van der Waals surface area (Å²) in [6.45, 7) is 11.0. The van der Waals surface area contributed by atoms with E-state index in [1.54, 1.807) is 5.56 Å². The van der Waals surface area contributed by atoms with E-state index in [0.717, 1.165) is 0 Å².